The van der Waals surface area contributed by atoms with E-state index in [4.69, 9.17) is 4.74 Å². The normalized spacial score (nSPS) is 21.8. The molecule has 2 rings (SSSR count). The van der Waals surface area contributed by atoms with Crippen LogP contribution in [0, 0.1) is 11.6 Å². The first-order valence-electron chi connectivity index (χ1n) is 6.39. The van der Waals surface area contributed by atoms with Crippen LogP contribution < -0.4 is 10.1 Å². The summed E-state index contributed by atoms with van der Waals surface area (Å²) in [5, 5.41) is 2.57. The minimum Gasteiger partial charge on any atom is -0.481 e. The van der Waals surface area contributed by atoms with Crippen LogP contribution >= 0.6 is 0 Å². The summed E-state index contributed by atoms with van der Waals surface area (Å²) in [6.45, 7) is 1.44. The average Bonchev–Trinajstić information content (AvgIpc) is 2.73. The van der Waals surface area contributed by atoms with Crippen molar-refractivity contribution in [3.05, 3.63) is 29.8 Å². The number of benzene rings is 1. The van der Waals surface area contributed by atoms with Crippen LogP contribution in [0.2, 0.25) is 0 Å². The molecule has 0 bridgehead atoms. The SMILES string of the molecule is C[C@H](Oc1ccc(F)c(F)c1)C(=O)N[C@H]1CCS(=O)(=O)C1. The van der Waals surface area contributed by atoms with Gasteiger partial charge in [0.25, 0.3) is 5.91 Å². The van der Waals surface area contributed by atoms with Crippen molar-refractivity contribution >= 4 is 15.7 Å². The number of halogens is 2. The Morgan fingerprint density at radius 1 is 1.38 bits per heavy atom. The van der Waals surface area contributed by atoms with Crippen LogP contribution in [-0.2, 0) is 14.6 Å². The predicted molar refractivity (Wildman–Crippen MR) is 71.6 cm³/mol. The highest BCUT2D eigenvalue weighted by Gasteiger charge is 2.30. The Labute approximate surface area is 121 Å². The molecule has 5 nitrogen and oxygen atoms in total. The second kappa shape index (κ2) is 5.97. The molecule has 116 valence electrons. The highest BCUT2D eigenvalue weighted by Crippen LogP contribution is 2.17. The molecule has 0 unspecified atom stereocenters. The summed E-state index contributed by atoms with van der Waals surface area (Å²) >= 11 is 0. The van der Waals surface area contributed by atoms with Gasteiger partial charge in [0, 0.05) is 12.1 Å². The Morgan fingerprint density at radius 2 is 2.10 bits per heavy atom. The number of hydrogen-bond donors (Lipinski definition) is 1. The molecule has 1 heterocycles. The van der Waals surface area contributed by atoms with E-state index in [0.29, 0.717) is 6.42 Å². The van der Waals surface area contributed by atoms with E-state index in [2.05, 4.69) is 5.32 Å². The zero-order valence-corrected chi connectivity index (χ0v) is 12.1. The molecule has 1 aromatic carbocycles. The van der Waals surface area contributed by atoms with Gasteiger partial charge in [0.2, 0.25) is 0 Å². The molecule has 0 spiro atoms. The minimum absolute atomic E-state index is 0.0237. The molecule has 1 aliphatic heterocycles. The molecule has 1 aromatic rings. The summed E-state index contributed by atoms with van der Waals surface area (Å²) in [5.41, 5.74) is 0. The van der Waals surface area contributed by atoms with E-state index in [9.17, 15) is 22.0 Å². The standard InChI is InChI=1S/C13H15F2NO4S/c1-8(20-10-2-3-11(14)12(15)6-10)13(17)16-9-4-5-21(18,19)7-9/h2-3,6,8-9H,4-5,7H2,1H3,(H,16,17)/t8-,9-/m0/s1. The number of ether oxygens (including phenoxy) is 1. The highest BCUT2D eigenvalue weighted by molar-refractivity contribution is 7.91. The fourth-order valence-corrected chi connectivity index (χ4v) is 3.71. The van der Waals surface area contributed by atoms with Crippen LogP contribution in [0.5, 0.6) is 5.75 Å². The monoisotopic (exact) mass is 319 g/mol. The average molecular weight is 319 g/mol. The molecule has 1 fully saturated rings. The number of amides is 1. The molecule has 0 saturated carbocycles. The number of carbonyl (C=O) groups excluding carboxylic acids is 1. The number of nitrogens with one attached hydrogen (secondary N) is 1. The van der Waals surface area contributed by atoms with E-state index >= 15 is 0 Å². The highest BCUT2D eigenvalue weighted by atomic mass is 32.2. The van der Waals surface area contributed by atoms with Crippen LogP contribution in [0.25, 0.3) is 0 Å². The molecule has 1 amide bonds. The number of hydrogen-bond acceptors (Lipinski definition) is 4. The predicted octanol–water partition coefficient (Wildman–Crippen LogP) is 1.04. The van der Waals surface area contributed by atoms with Gasteiger partial charge in [-0.15, -0.1) is 0 Å². The van der Waals surface area contributed by atoms with E-state index in [1.807, 2.05) is 0 Å². The van der Waals surface area contributed by atoms with Crippen LogP contribution in [0.1, 0.15) is 13.3 Å². The van der Waals surface area contributed by atoms with Gasteiger partial charge < -0.3 is 10.1 Å². The third-order valence-electron chi connectivity index (χ3n) is 3.15. The summed E-state index contributed by atoms with van der Waals surface area (Å²) in [4.78, 5) is 11.9. The van der Waals surface area contributed by atoms with Gasteiger partial charge in [-0.05, 0) is 25.5 Å². The summed E-state index contributed by atoms with van der Waals surface area (Å²) in [6.07, 6.45) is -0.579. The molecule has 2 atom stereocenters. The van der Waals surface area contributed by atoms with E-state index in [0.717, 1.165) is 12.1 Å². The molecular weight excluding hydrogens is 304 g/mol. The van der Waals surface area contributed by atoms with Gasteiger partial charge in [-0.25, -0.2) is 17.2 Å². The number of rotatable bonds is 4. The van der Waals surface area contributed by atoms with Crippen LogP contribution in [0.3, 0.4) is 0 Å². The summed E-state index contributed by atoms with van der Waals surface area (Å²) in [6, 6.07) is 2.53. The molecule has 0 radical (unpaired) electrons. The zero-order valence-electron chi connectivity index (χ0n) is 11.3. The lowest BCUT2D eigenvalue weighted by Gasteiger charge is -2.17. The fourth-order valence-electron chi connectivity index (χ4n) is 2.04. The third-order valence-corrected chi connectivity index (χ3v) is 4.92. The quantitative estimate of drug-likeness (QED) is 0.900. The topological polar surface area (TPSA) is 72.5 Å². The molecule has 1 aliphatic rings. The molecular formula is C13H15F2NO4S. The second-order valence-electron chi connectivity index (χ2n) is 4.94. The Kier molecular flexibility index (Phi) is 4.46. The smallest absolute Gasteiger partial charge is 0.261 e. The minimum atomic E-state index is -3.08. The summed E-state index contributed by atoms with van der Waals surface area (Å²) in [7, 11) is -3.08. The molecule has 21 heavy (non-hydrogen) atoms. The van der Waals surface area contributed by atoms with E-state index in [-0.39, 0.29) is 17.3 Å². The second-order valence-corrected chi connectivity index (χ2v) is 7.17. The Morgan fingerprint density at radius 3 is 2.67 bits per heavy atom. The van der Waals surface area contributed by atoms with Gasteiger partial charge >= 0.3 is 0 Å². The van der Waals surface area contributed by atoms with Gasteiger partial charge in [0.15, 0.2) is 27.6 Å². The first-order chi connectivity index (χ1) is 9.77. The first-order valence-corrected chi connectivity index (χ1v) is 8.21. The van der Waals surface area contributed by atoms with Gasteiger partial charge in [-0.1, -0.05) is 0 Å². The van der Waals surface area contributed by atoms with Crippen molar-refractivity contribution in [2.75, 3.05) is 11.5 Å². The van der Waals surface area contributed by atoms with Crippen molar-refractivity contribution in [2.24, 2.45) is 0 Å². The first kappa shape index (κ1) is 15.7. The van der Waals surface area contributed by atoms with E-state index in [1.54, 1.807) is 0 Å². The molecule has 1 N–H and O–H groups in total. The van der Waals surface area contributed by atoms with Crippen molar-refractivity contribution in [1.82, 2.24) is 5.32 Å². The maximum atomic E-state index is 13.0. The lowest BCUT2D eigenvalue weighted by Crippen LogP contribution is -2.43. The van der Waals surface area contributed by atoms with Crippen molar-refractivity contribution < 1.29 is 26.7 Å². The Bertz CT molecular complexity index is 648. The van der Waals surface area contributed by atoms with Crippen molar-refractivity contribution in [3.8, 4) is 5.75 Å². The molecule has 8 heteroatoms. The third kappa shape index (κ3) is 4.13. The largest absolute Gasteiger partial charge is 0.481 e. The van der Waals surface area contributed by atoms with E-state index < -0.39 is 39.5 Å². The van der Waals surface area contributed by atoms with Crippen molar-refractivity contribution in [3.63, 3.8) is 0 Å². The van der Waals surface area contributed by atoms with Crippen LogP contribution in [0.15, 0.2) is 18.2 Å². The summed E-state index contributed by atoms with van der Waals surface area (Å²) < 4.78 is 53.6. The molecule has 1 saturated heterocycles. The van der Waals surface area contributed by atoms with Crippen molar-refractivity contribution in [1.29, 1.82) is 0 Å². The molecule has 0 aliphatic carbocycles. The van der Waals surface area contributed by atoms with Gasteiger partial charge in [0.05, 0.1) is 11.5 Å². The fraction of sp³-hybridized carbons (Fsp3) is 0.462. The maximum Gasteiger partial charge on any atom is 0.261 e. The van der Waals surface area contributed by atoms with Gasteiger partial charge in [-0.3, -0.25) is 4.79 Å². The number of carbonyl (C=O) groups is 1. The number of sulfone groups is 1. The molecule has 0 aromatic heterocycles. The van der Waals surface area contributed by atoms with Crippen LogP contribution in [-0.4, -0.2) is 38.0 Å². The van der Waals surface area contributed by atoms with Crippen LogP contribution in [0.4, 0.5) is 8.78 Å². The van der Waals surface area contributed by atoms with Gasteiger partial charge in [-0.2, -0.15) is 0 Å². The lowest BCUT2D eigenvalue weighted by atomic mass is 10.2. The van der Waals surface area contributed by atoms with Crippen molar-refractivity contribution in [2.45, 2.75) is 25.5 Å². The maximum absolute atomic E-state index is 13.0. The zero-order chi connectivity index (χ0) is 15.6. The lowest BCUT2D eigenvalue weighted by molar-refractivity contribution is -0.127. The Balaban J connectivity index is 1.92. The van der Waals surface area contributed by atoms with E-state index in [1.165, 1.54) is 13.0 Å². The summed E-state index contributed by atoms with van der Waals surface area (Å²) in [5.74, 6) is -2.58. The van der Waals surface area contributed by atoms with Gasteiger partial charge in [0.1, 0.15) is 5.75 Å². The Hall–Kier alpha value is -1.70.